The van der Waals surface area contributed by atoms with E-state index in [4.69, 9.17) is 19.9 Å². The second-order valence-corrected chi connectivity index (χ2v) is 30.7. The van der Waals surface area contributed by atoms with Crippen LogP contribution in [0.1, 0.15) is 67.5 Å². The molecule has 0 bridgehead atoms. The minimum Gasteiger partial charge on any atom is -0.432 e. The van der Waals surface area contributed by atoms with Gasteiger partial charge in [0.15, 0.2) is 40.2 Å². The molecule has 234 valence electrons. The van der Waals surface area contributed by atoms with Gasteiger partial charge >= 0.3 is 0 Å². The fraction of sp³-hybridized carbons (Fsp3) is 0.821. The van der Waals surface area contributed by atoms with Crippen LogP contribution in [-0.4, -0.2) is 66.8 Å². The normalized spacial score (nSPS) is 23.5. The molecular weight excluding hydrogens is 682 g/mol. The summed E-state index contributed by atoms with van der Waals surface area (Å²) in [6.45, 7) is 28.6. The Hall–Kier alpha value is -0.429. The molecule has 2 aromatic heterocycles. The van der Waals surface area contributed by atoms with Crippen LogP contribution < -0.4 is 5.73 Å². The molecule has 3 rings (SSSR count). The molecule has 1 fully saturated rings. The smallest absolute Gasteiger partial charge is 0.194 e. The summed E-state index contributed by atoms with van der Waals surface area (Å²) in [6.07, 6.45) is 2.75. The fourth-order valence-electron chi connectivity index (χ4n) is 5.12. The Bertz CT molecular complexity index is 1230. The summed E-state index contributed by atoms with van der Waals surface area (Å²) in [5, 5.41) is -0.486. The average Bonchev–Trinajstić information content (AvgIpc) is 3.31. The molecule has 13 heteroatoms. The molecule has 0 saturated carbocycles. The molecule has 2 aromatic rings. The topological polar surface area (TPSA) is 129 Å². The van der Waals surface area contributed by atoms with E-state index in [9.17, 15) is 9.59 Å². The van der Waals surface area contributed by atoms with E-state index in [0.717, 1.165) is 12.8 Å². The van der Waals surface area contributed by atoms with Gasteiger partial charge in [0.25, 0.3) is 0 Å². The lowest BCUT2D eigenvalue weighted by Gasteiger charge is -2.43. The van der Waals surface area contributed by atoms with Gasteiger partial charge in [0, 0.05) is 28.5 Å². The molecule has 0 spiro atoms. The van der Waals surface area contributed by atoms with Crippen LogP contribution in [-0.2, 0) is 9.16 Å². The minimum atomic E-state index is -2.55. The Morgan fingerprint density at radius 1 is 0.927 bits per heavy atom. The van der Waals surface area contributed by atoms with E-state index < -0.39 is 25.0 Å². The summed E-state index contributed by atoms with van der Waals surface area (Å²) < 4.78 is 16.4. The van der Waals surface area contributed by atoms with E-state index in [0.29, 0.717) is 27.4 Å². The molecule has 0 amide bonds. The van der Waals surface area contributed by atoms with Gasteiger partial charge in [-0.1, -0.05) is 48.5 Å². The number of anilines is 1. The lowest BCUT2D eigenvalue weighted by Crippen LogP contribution is -2.46. The van der Waals surface area contributed by atoms with Crippen LogP contribution in [0.4, 0.5) is 5.82 Å². The number of hydrogen-bond donors (Lipinski definition) is 3. The van der Waals surface area contributed by atoms with E-state index in [2.05, 4.69) is 94.1 Å². The first-order valence-corrected chi connectivity index (χ1v) is 24.6. The molecular formula is C28H54IN5O4Si3. The standard InChI is InChI=1S/C28H54IN5O4Si3/c1-26(2,3)41(12,13)37-16-20-18(14-27(4,5)39(8,9)35)19(15-28(6,7)40(10,11)36)24(38-20)34-17-31-21-22(30)32-25(29)33-23(21)34/h17-20,24,35-36H,14-16H2,1-13H3,(H2,30,32,33)/t18?,19-,20?,24?/m1/s1. The number of imidazole rings is 1. The van der Waals surface area contributed by atoms with Crippen molar-refractivity contribution < 1.29 is 18.8 Å². The van der Waals surface area contributed by atoms with Crippen molar-refractivity contribution in [2.75, 3.05) is 12.3 Å². The molecule has 1 aliphatic rings. The second-order valence-electron chi connectivity index (χ2n) is 16.0. The molecule has 3 heterocycles. The molecule has 0 aliphatic carbocycles. The Balaban J connectivity index is 2.18. The molecule has 3 unspecified atom stereocenters. The van der Waals surface area contributed by atoms with E-state index in [1.165, 1.54) is 0 Å². The lowest BCUT2D eigenvalue weighted by molar-refractivity contribution is -0.0353. The first-order valence-electron chi connectivity index (χ1n) is 14.7. The van der Waals surface area contributed by atoms with Crippen molar-refractivity contribution in [3.63, 3.8) is 0 Å². The Morgan fingerprint density at radius 3 is 1.93 bits per heavy atom. The lowest BCUT2D eigenvalue weighted by atomic mass is 9.78. The van der Waals surface area contributed by atoms with Crippen molar-refractivity contribution in [1.82, 2.24) is 19.5 Å². The van der Waals surface area contributed by atoms with Crippen LogP contribution in [0.3, 0.4) is 0 Å². The quantitative estimate of drug-likeness (QED) is 0.137. The molecule has 4 N–H and O–H groups in total. The van der Waals surface area contributed by atoms with Gasteiger partial charge in [0.2, 0.25) is 0 Å². The molecule has 0 aromatic carbocycles. The van der Waals surface area contributed by atoms with Crippen LogP contribution in [0.2, 0.25) is 54.4 Å². The van der Waals surface area contributed by atoms with Gasteiger partial charge in [-0.25, -0.2) is 15.0 Å². The van der Waals surface area contributed by atoms with Gasteiger partial charge < -0.3 is 24.5 Å². The number of hydrogen-bond acceptors (Lipinski definition) is 8. The largest absolute Gasteiger partial charge is 0.432 e. The van der Waals surface area contributed by atoms with Crippen LogP contribution in [0.15, 0.2) is 6.33 Å². The number of nitrogen functional groups attached to an aromatic ring is 1. The maximum atomic E-state index is 11.4. The number of aromatic nitrogens is 4. The minimum absolute atomic E-state index is 0.0267. The van der Waals surface area contributed by atoms with Gasteiger partial charge in [0.05, 0.1) is 19.0 Å². The van der Waals surface area contributed by atoms with Gasteiger partial charge in [-0.3, -0.25) is 4.57 Å². The third kappa shape index (κ3) is 7.28. The predicted molar refractivity (Wildman–Crippen MR) is 183 cm³/mol. The van der Waals surface area contributed by atoms with E-state index in [1.54, 1.807) is 6.33 Å². The van der Waals surface area contributed by atoms with Crippen LogP contribution in [0.25, 0.3) is 11.2 Å². The van der Waals surface area contributed by atoms with Crippen molar-refractivity contribution >= 4 is 64.5 Å². The van der Waals surface area contributed by atoms with Crippen molar-refractivity contribution in [2.24, 2.45) is 11.8 Å². The van der Waals surface area contributed by atoms with Gasteiger partial charge in [-0.2, -0.15) is 0 Å². The van der Waals surface area contributed by atoms with E-state index >= 15 is 0 Å². The Kier molecular flexibility index (Phi) is 9.83. The summed E-state index contributed by atoms with van der Waals surface area (Å²) in [5.74, 6) is 0.462. The van der Waals surface area contributed by atoms with Crippen molar-refractivity contribution in [3.8, 4) is 0 Å². The predicted octanol–water partition coefficient (Wildman–Crippen LogP) is 6.90. The molecule has 1 saturated heterocycles. The SMILES string of the molecule is CC(C)(CC1C(CO[Si](C)(C)C(C)(C)C)OC(n2cnc3c(N)nc(I)nc32)[C@@H]1CC(C)(C)[Si](C)(C)O)[Si](C)(C)O. The van der Waals surface area contributed by atoms with Crippen molar-refractivity contribution in [3.05, 3.63) is 10.2 Å². The van der Waals surface area contributed by atoms with Crippen LogP contribution >= 0.6 is 22.6 Å². The van der Waals surface area contributed by atoms with Crippen molar-refractivity contribution in [2.45, 2.75) is 128 Å². The fourth-order valence-corrected chi connectivity index (χ4v) is 8.09. The highest BCUT2D eigenvalue weighted by Crippen LogP contribution is 2.56. The zero-order chi connectivity index (χ0) is 31.6. The molecule has 41 heavy (non-hydrogen) atoms. The van der Waals surface area contributed by atoms with Gasteiger partial charge in [-0.15, -0.1) is 0 Å². The number of ether oxygens (including phenoxy) is 1. The highest BCUT2D eigenvalue weighted by Gasteiger charge is 2.54. The molecule has 9 nitrogen and oxygen atoms in total. The Labute approximate surface area is 264 Å². The number of nitrogens with two attached hydrogens (primary N) is 1. The maximum absolute atomic E-state index is 11.4. The summed E-state index contributed by atoms with van der Waals surface area (Å²) >= 11 is 2.08. The van der Waals surface area contributed by atoms with Gasteiger partial charge in [-0.05, 0) is 73.2 Å². The zero-order valence-electron chi connectivity index (χ0n) is 27.5. The van der Waals surface area contributed by atoms with Crippen LogP contribution in [0, 0.1) is 15.7 Å². The van der Waals surface area contributed by atoms with E-state index in [1.807, 2.05) is 30.8 Å². The summed E-state index contributed by atoms with van der Waals surface area (Å²) in [7, 11) is -7.13. The average molecular weight is 736 g/mol. The molecule has 1 aliphatic heterocycles. The summed E-state index contributed by atoms with van der Waals surface area (Å²) in [5.41, 5.74) is 7.46. The molecule has 4 atom stereocenters. The zero-order valence-corrected chi connectivity index (χ0v) is 32.6. The first-order chi connectivity index (χ1) is 18.3. The maximum Gasteiger partial charge on any atom is 0.194 e. The number of fused-ring (bicyclic) bond motifs is 1. The highest BCUT2D eigenvalue weighted by molar-refractivity contribution is 14.1. The third-order valence-corrected chi connectivity index (χ3v) is 22.6. The monoisotopic (exact) mass is 735 g/mol. The first kappa shape index (κ1) is 35.1. The number of halogens is 1. The highest BCUT2D eigenvalue weighted by atomic mass is 127. The van der Waals surface area contributed by atoms with E-state index in [-0.39, 0.29) is 39.3 Å². The molecule has 0 radical (unpaired) electrons. The summed E-state index contributed by atoms with van der Waals surface area (Å²) in [4.78, 5) is 36.3. The van der Waals surface area contributed by atoms with Crippen LogP contribution in [0.5, 0.6) is 0 Å². The number of rotatable bonds is 10. The van der Waals surface area contributed by atoms with Gasteiger partial charge in [0.1, 0.15) is 11.7 Å². The van der Waals surface area contributed by atoms with Crippen molar-refractivity contribution in [1.29, 1.82) is 0 Å². The summed E-state index contributed by atoms with van der Waals surface area (Å²) in [6, 6.07) is 0. The Morgan fingerprint density at radius 2 is 1.44 bits per heavy atom. The number of nitrogens with zero attached hydrogens (tertiary/aromatic N) is 4. The third-order valence-electron chi connectivity index (χ3n) is 10.6. The second kappa shape index (κ2) is 11.5.